The Hall–Kier alpha value is -1.03. The van der Waals surface area contributed by atoms with Crippen LogP contribution < -0.4 is 0 Å². The Balaban J connectivity index is 3.15. The molecular weight excluding hydrogens is 217 g/mol. The third kappa shape index (κ3) is 2.26. The second kappa shape index (κ2) is 3.61. The third-order valence-corrected chi connectivity index (χ3v) is 1.81. The van der Waals surface area contributed by atoms with Crippen molar-refractivity contribution in [2.75, 3.05) is 0 Å². The summed E-state index contributed by atoms with van der Waals surface area (Å²) in [5.74, 6) is -6.16. The van der Waals surface area contributed by atoms with Crippen molar-refractivity contribution >= 4 is 17.4 Å². The van der Waals surface area contributed by atoms with Crippen LogP contribution in [0, 0.1) is 5.82 Å². The Bertz CT molecular complexity index is 371. The summed E-state index contributed by atoms with van der Waals surface area (Å²) >= 11 is 5.40. The van der Waals surface area contributed by atoms with Gasteiger partial charge in [0.05, 0.1) is 5.56 Å². The van der Waals surface area contributed by atoms with Gasteiger partial charge in [-0.2, -0.15) is 8.78 Å². The summed E-state index contributed by atoms with van der Waals surface area (Å²) in [4.78, 5) is 11.0. The van der Waals surface area contributed by atoms with Crippen LogP contribution in [0.1, 0.15) is 17.3 Å². The van der Waals surface area contributed by atoms with Crippen molar-refractivity contribution in [3.8, 4) is 0 Å². The minimum Gasteiger partial charge on any atom is -0.287 e. The molecule has 0 aliphatic heterocycles. The summed E-state index contributed by atoms with van der Waals surface area (Å²) in [5.41, 5.74) is -0.651. The Morgan fingerprint density at radius 1 is 1.43 bits per heavy atom. The fourth-order valence-electron chi connectivity index (χ4n) is 0.910. The average molecular weight is 223 g/mol. The van der Waals surface area contributed by atoms with Gasteiger partial charge in [-0.1, -0.05) is 11.6 Å². The maximum Gasteiger partial charge on any atom is 0.307 e. The van der Waals surface area contributed by atoms with Crippen LogP contribution in [0.3, 0.4) is 0 Å². The van der Waals surface area contributed by atoms with E-state index < -0.39 is 23.1 Å². The monoisotopic (exact) mass is 222 g/mol. The number of ketones is 1. The molecule has 0 unspecified atom stereocenters. The number of carbonyl (C=O) groups excluding carboxylic acids is 1. The lowest BCUT2D eigenvalue weighted by atomic mass is 10.1. The second-order valence-corrected chi connectivity index (χ2v) is 3.28. The van der Waals surface area contributed by atoms with Gasteiger partial charge in [-0.25, -0.2) is 4.39 Å². The van der Waals surface area contributed by atoms with Crippen LogP contribution in [0.5, 0.6) is 0 Å². The summed E-state index contributed by atoms with van der Waals surface area (Å²) in [6.07, 6.45) is 0. The highest BCUT2D eigenvalue weighted by Gasteiger charge is 2.34. The van der Waals surface area contributed by atoms with Crippen LogP contribution in [-0.2, 0) is 0 Å². The van der Waals surface area contributed by atoms with Crippen molar-refractivity contribution in [1.29, 1.82) is 0 Å². The highest BCUT2D eigenvalue weighted by atomic mass is 35.5. The van der Waals surface area contributed by atoms with E-state index in [0.717, 1.165) is 12.1 Å². The topological polar surface area (TPSA) is 17.1 Å². The molecule has 0 radical (unpaired) electrons. The lowest BCUT2D eigenvalue weighted by Gasteiger charge is -2.09. The molecule has 0 saturated carbocycles. The summed E-state index contributed by atoms with van der Waals surface area (Å²) in [6.45, 7) is 0.420. The molecule has 0 spiro atoms. The second-order valence-electron chi connectivity index (χ2n) is 2.84. The van der Waals surface area contributed by atoms with Gasteiger partial charge in [0.15, 0.2) is 0 Å². The van der Waals surface area contributed by atoms with Crippen LogP contribution in [0.4, 0.5) is 13.2 Å². The van der Waals surface area contributed by atoms with Crippen LogP contribution in [0.15, 0.2) is 18.2 Å². The number of rotatable bonds is 2. The van der Waals surface area contributed by atoms with E-state index in [2.05, 4.69) is 0 Å². The molecule has 76 valence electrons. The van der Waals surface area contributed by atoms with Crippen molar-refractivity contribution in [1.82, 2.24) is 0 Å². The van der Waals surface area contributed by atoms with Gasteiger partial charge in [0.25, 0.3) is 0 Å². The zero-order valence-electron chi connectivity index (χ0n) is 7.15. The minimum absolute atomic E-state index is 0.0541. The quantitative estimate of drug-likeness (QED) is 0.702. The predicted octanol–water partition coefficient (Wildman–Crippen LogP) is 3.32. The van der Waals surface area contributed by atoms with Gasteiger partial charge in [0, 0.05) is 11.9 Å². The molecule has 0 aliphatic carbocycles. The van der Waals surface area contributed by atoms with E-state index in [1.165, 1.54) is 6.07 Å². The first-order chi connectivity index (χ1) is 6.32. The molecule has 0 saturated heterocycles. The van der Waals surface area contributed by atoms with Crippen LogP contribution in [-0.4, -0.2) is 11.7 Å². The number of hydrogen-bond donors (Lipinski definition) is 0. The number of halogens is 4. The van der Waals surface area contributed by atoms with Crippen LogP contribution in [0.25, 0.3) is 0 Å². The number of hydrogen-bond acceptors (Lipinski definition) is 1. The fourth-order valence-corrected chi connectivity index (χ4v) is 1.07. The van der Waals surface area contributed by atoms with Crippen LogP contribution >= 0.6 is 11.6 Å². The largest absolute Gasteiger partial charge is 0.307 e. The summed E-state index contributed by atoms with van der Waals surface area (Å²) in [6, 6.07) is 2.95. The maximum atomic E-state index is 13.0. The van der Waals surface area contributed by atoms with E-state index in [1.807, 2.05) is 0 Å². The first-order valence-electron chi connectivity index (χ1n) is 3.70. The average Bonchev–Trinajstić information content (AvgIpc) is 2.01. The smallest absolute Gasteiger partial charge is 0.287 e. The summed E-state index contributed by atoms with van der Waals surface area (Å²) < 4.78 is 38.1. The molecule has 0 amide bonds. The number of alkyl halides is 2. The van der Waals surface area contributed by atoms with E-state index in [-0.39, 0.29) is 5.02 Å². The molecule has 1 nitrogen and oxygen atoms in total. The van der Waals surface area contributed by atoms with E-state index in [1.54, 1.807) is 0 Å². The lowest BCUT2D eigenvalue weighted by molar-refractivity contribution is 0.0217. The van der Waals surface area contributed by atoms with E-state index >= 15 is 0 Å². The highest BCUT2D eigenvalue weighted by Crippen LogP contribution is 2.22. The first-order valence-corrected chi connectivity index (χ1v) is 4.08. The van der Waals surface area contributed by atoms with E-state index in [9.17, 15) is 18.0 Å². The number of Topliss-reactive ketones (excluding diaryl/α,β-unsaturated/α-hetero) is 1. The molecule has 0 fully saturated rings. The zero-order valence-corrected chi connectivity index (χ0v) is 7.91. The highest BCUT2D eigenvalue weighted by molar-refractivity contribution is 6.30. The Kier molecular flexibility index (Phi) is 2.85. The molecule has 14 heavy (non-hydrogen) atoms. The number of benzene rings is 1. The molecule has 1 aromatic rings. The SMILES string of the molecule is CC(F)(F)C(=O)c1ccc(Cl)cc1F. The third-order valence-electron chi connectivity index (χ3n) is 1.57. The zero-order chi connectivity index (χ0) is 10.9. The van der Waals surface area contributed by atoms with Gasteiger partial charge >= 0.3 is 5.92 Å². The molecule has 0 bridgehead atoms. The Morgan fingerprint density at radius 2 is 2.00 bits per heavy atom. The lowest BCUT2D eigenvalue weighted by Crippen LogP contribution is -2.25. The molecule has 1 aromatic carbocycles. The Labute approximate surface area is 83.5 Å². The number of carbonyl (C=O) groups is 1. The van der Waals surface area contributed by atoms with Gasteiger partial charge in [-0.15, -0.1) is 0 Å². The van der Waals surface area contributed by atoms with Crippen molar-refractivity contribution in [2.24, 2.45) is 0 Å². The first kappa shape index (κ1) is 11.0. The standard InChI is InChI=1S/C9H6ClF3O/c1-9(12,13)8(14)6-3-2-5(10)4-7(6)11/h2-4H,1H3. The molecule has 1 rings (SSSR count). The molecule has 0 atom stereocenters. The molecular formula is C9H6ClF3O. The molecule has 5 heteroatoms. The molecule has 0 aliphatic rings. The molecule has 0 aromatic heterocycles. The minimum atomic E-state index is -3.57. The Morgan fingerprint density at radius 3 is 2.43 bits per heavy atom. The van der Waals surface area contributed by atoms with Crippen molar-refractivity contribution in [2.45, 2.75) is 12.8 Å². The summed E-state index contributed by atoms with van der Waals surface area (Å²) in [5, 5.41) is 0.0541. The van der Waals surface area contributed by atoms with Gasteiger partial charge in [0.1, 0.15) is 5.82 Å². The van der Waals surface area contributed by atoms with Gasteiger partial charge in [0.2, 0.25) is 5.78 Å². The van der Waals surface area contributed by atoms with Crippen molar-refractivity contribution < 1.29 is 18.0 Å². The van der Waals surface area contributed by atoms with Crippen molar-refractivity contribution in [3.63, 3.8) is 0 Å². The molecule has 0 N–H and O–H groups in total. The van der Waals surface area contributed by atoms with E-state index in [4.69, 9.17) is 11.6 Å². The summed E-state index contributed by atoms with van der Waals surface area (Å²) in [7, 11) is 0. The van der Waals surface area contributed by atoms with Crippen molar-refractivity contribution in [3.05, 3.63) is 34.6 Å². The fraction of sp³-hybridized carbons (Fsp3) is 0.222. The van der Waals surface area contributed by atoms with Crippen LogP contribution in [0.2, 0.25) is 5.02 Å². The van der Waals surface area contributed by atoms with Gasteiger partial charge in [-0.05, 0) is 18.2 Å². The normalized spacial score (nSPS) is 11.5. The maximum absolute atomic E-state index is 13.0. The predicted molar refractivity (Wildman–Crippen MR) is 46.4 cm³/mol. The van der Waals surface area contributed by atoms with E-state index in [0.29, 0.717) is 6.92 Å². The van der Waals surface area contributed by atoms with Gasteiger partial charge in [-0.3, -0.25) is 4.79 Å². The van der Waals surface area contributed by atoms with Gasteiger partial charge < -0.3 is 0 Å². The molecule has 0 heterocycles.